The molecule has 0 spiro atoms. The Kier molecular flexibility index (Phi) is 6.01. The molecule has 0 saturated carbocycles. The van der Waals surface area contributed by atoms with Gasteiger partial charge in [-0.2, -0.15) is 0 Å². The van der Waals surface area contributed by atoms with Crippen LogP contribution in [0.1, 0.15) is 34.3 Å². The average Bonchev–Trinajstić information content (AvgIpc) is 3.27. The zero-order chi connectivity index (χ0) is 20.1. The Bertz CT molecular complexity index is 981. The summed E-state index contributed by atoms with van der Waals surface area (Å²) in [5, 5.41) is 2.90. The highest BCUT2D eigenvalue weighted by atomic mass is 19.1. The van der Waals surface area contributed by atoms with E-state index in [9.17, 15) is 9.18 Å². The first-order chi connectivity index (χ1) is 14.2. The van der Waals surface area contributed by atoms with Crippen molar-refractivity contribution >= 4 is 5.91 Å². The van der Waals surface area contributed by atoms with Crippen molar-refractivity contribution in [2.24, 2.45) is 0 Å². The highest BCUT2D eigenvalue weighted by Crippen LogP contribution is 2.26. The van der Waals surface area contributed by atoms with Crippen molar-refractivity contribution in [2.75, 3.05) is 13.1 Å². The van der Waals surface area contributed by atoms with Crippen molar-refractivity contribution in [3.8, 4) is 11.1 Å². The molecule has 0 unspecified atom stereocenters. The van der Waals surface area contributed by atoms with Crippen LogP contribution in [0.5, 0.6) is 0 Å². The number of likely N-dealkylation sites (tertiary alicyclic amines) is 1. The van der Waals surface area contributed by atoms with E-state index >= 15 is 0 Å². The van der Waals surface area contributed by atoms with E-state index in [1.807, 2.05) is 36.4 Å². The molecule has 3 aromatic carbocycles. The van der Waals surface area contributed by atoms with Gasteiger partial charge in [0, 0.05) is 24.2 Å². The number of nitrogens with one attached hydrogen (secondary N) is 1. The van der Waals surface area contributed by atoms with E-state index in [2.05, 4.69) is 22.3 Å². The Hall–Kier alpha value is -2.98. The molecule has 1 fully saturated rings. The fourth-order valence-corrected chi connectivity index (χ4v) is 3.81. The second kappa shape index (κ2) is 9.01. The van der Waals surface area contributed by atoms with E-state index in [4.69, 9.17) is 0 Å². The molecule has 1 aliphatic heterocycles. The third-order valence-electron chi connectivity index (χ3n) is 5.36. The minimum atomic E-state index is -0.249. The fraction of sp³-hybridized carbons (Fsp3) is 0.240. The first-order valence-corrected chi connectivity index (χ1v) is 10.1. The summed E-state index contributed by atoms with van der Waals surface area (Å²) in [4.78, 5) is 14.7. The number of carbonyl (C=O) groups is 1. The molecule has 1 aliphatic rings. The molecular formula is C25H25FN2O. The predicted octanol–water partition coefficient (Wildman–Crippen LogP) is 5.02. The van der Waals surface area contributed by atoms with Crippen LogP contribution in [0.3, 0.4) is 0 Å². The molecule has 0 aromatic heterocycles. The van der Waals surface area contributed by atoms with Gasteiger partial charge in [-0.1, -0.05) is 42.5 Å². The summed E-state index contributed by atoms with van der Waals surface area (Å²) in [7, 11) is 0. The lowest BCUT2D eigenvalue weighted by Gasteiger charge is -2.15. The second-order valence-corrected chi connectivity index (χ2v) is 7.55. The average molecular weight is 388 g/mol. The van der Waals surface area contributed by atoms with Gasteiger partial charge in [0.05, 0.1) is 0 Å². The van der Waals surface area contributed by atoms with Gasteiger partial charge in [0.2, 0.25) is 0 Å². The molecule has 0 radical (unpaired) electrons. The summed E-state index contributed by atoms with van der Waals surface area (Å²) in [6.45, 7) is 3.53. The van der Waals surface area contributed by atoms with Gasteiger partial charge in [-0.05, 0) is 73.0 Å². The van der Waals surface area contributed by atoms with Gasteiger partial charge in [0.1, 0.15) is 5.82 Å². The maximum Gasteiger partial charge on any atom is 0.251 e. The van der Waals surface area contributed by atoms with Crippen LogP contribution in [0.4, 0.5) is 4.39 Å². The third-order valence-corrected chi connectivity index (χ3v) is 5.36. The summed E-state index contributed by atoms with van der Waals surface area (Å²) in [5.74, 6) is -0.384. The minimum absolute atomic E-state index is 0.135. The topological polar surface area (TPSA) is 32.3 Å². The van der Waals surface area contributed by atoms with Crippen molar-refractivity contribution in [3.63, 3.8) is 0 Å². The molecule has 4 rings (SSSR count). The predicted molar refractivity (Wildman–Crippen MR) is 114 cm³/mol. The molecule has 3 aromatic rings. The summed E-state index contributed by atoms with van der Waals surface area (Å²) in [6.07, 6.45) is 2.51. The highest BCUT2D eigenvalue weighted by Gasteiger charge is 2.13. The van der Waals surface area contributed by atoms with E-state index in [1.165, 1.54) is 24.5 Å². The van der Waals surface area contributed by atoms with E-state index < -0.39 is 0 Å². The standard InChI is InChI=1S/C25H25FN2O/c26-24-12-11-19(17-27-25(29)21-8-2-1-3-9-21)16-23(24)22-10-6-7-20(15-22)18-28-13-4-5-14-28/h1-3,6-12,15-16H,4-5,13-14,17-18H2,(H,27,29). The number of carbonyl (C=O) groups excluding carboxylic acids is 1. The first kappa shape index (κ1) is 19.3. The zero-order valence-corrected chi connectivity index (χ0v) is 16.4. The van der Waals surface area contributed by atoms with Gasteiger partial charge in [-0.15, -0.1) is 0 Å². The summed E-state index contributed by atoms with van der Waals surface area (Å²) in [5.41, 5.74) is 4.13. The van der Waals surface area contributed by atoms with Gasteiger partial charge >= 0.3 is 0 Å². The molecule has 0 atom stereocenters. The number of benzene rings is 3. The zero-order valence-electron chi connectivity index (χ0n) is 16.4. The van der Waals surface area contributed by atoms with Crippen molar-refractivity contribution in [2.45, 2.75) is 25.9 Å². The molecule has 1 heterocycles. The highest BCUT2D eigenvalue weighted by molar-refractivity contribution is 5.94. The van der Waals surface area contributed by atoms with Crippen molar-refractivity contribution in [1.82, 2.24) is 10.2 Å². The molecule has 29 heavy (non-hydrogen) atoms. The number of hydrogen-bond donors (Lipinski definition) is 1. The SMILES string of the molecule is O=C(NCc1ccc(F)c(-c2cccc(CN3CCCC3)c2)c1)c1ccccc1. The molecule has 0 bridgehead atoms. The lowest BCUT2D eigenvalue weighted by atomic mass is 10.00. The molecule has 148 valence electrons. The van der Waals surface area contributed by atoms with Crippen LogP contribution in [0.2, 0.25) is 0 Å². The molecule has 0 aliphatic carbocycles. The fourth-order valence-electron chi connectivity index (χ4n) is 3.81. The van der Waals surface area contributed by atoms with E-state index in [0.29, 0.717) is 17.7 Å². The smallest absolute Gasteiger partial charge is 0.251 e. The molecule has 4 heteroatoms. The van der Waals surface area contributed by atoms with Gasteiger partial charge in [0.25, 0.3) is 5.91 Å². The van der Waals surface area contributed by atoms with Crippen LogP contribution in [0.25, 0.3) is 11.1 Å². The summed E-state index contributed by atoms with van der Waals surface area (Å²) in [6, 6.07) is 22.2. The monoisotopic (exact) mass is 388 g/mol. The van der Waals surface area contributed by atoms with E-state index in [-0.39, 0.29) is 11.7 Å². The lowest BCUT2D eigenvalue weighted by molar-refractivity contribution is 0.0951. The molecule has 1 saturated heterocycles. The van der Waals surface area contributed by atoms with Crippen LogP contribution in [0.15, 0.2) is 72.8 Å². The van der Waals surface area contributed by atoms with Crippen molar-refractivity contribution in [3.05, 3.63) is 95.3 Å². The number of rotatable bonds is 6. The quantitative estimate of drug-likeness (QED) is 0.643. The van der Waals surface area contributed by atoms with Crippen molar-refractivity contribution in [1.29, 1.82) is 0 Å². The van der Waals surface area contributed by atoms with Gasteiger partial charge in [-0.3, -0.25) is 9.69 Å². The molecule has 1 N–H and O–H groups in total. The molecular weight excluding hydrogens is 363 g/mol. The normalized spacial score (nSPS) is 14.1. The van der Waals surface area contributed by atoms with Gasteiger partial charge in [0.15, 0.2) is 0 Å². The van der Waals surface area contributed by atoms with Gasteiger partial charge < -0.3 is 5.32 Å². The Morgan fingerprint density at radius 3 is 2.48 bits per heavy atom. The van der Waals surface area contributed by atoms with E-state index in [1.54, 1.807) is 18.2 Å². The Labute approximate surface area is 171 Å². The second-order valence-electron chi connectivity index (χ2n) is 7.55. The van der Waals surface area contributed by atoms with Crippen LogP contribution in [-0.4, -0.2) is 23.9 Å². The Balaban J connectivity index is 1.49. The number of halogens is 1. The van der Waals surface area contributed by atoms with Crippen LogP contribution in [-0.2, 0) is 13.1 Å². The molecule has 3 nitrogen and oxygen atoms in total. The van der Waals surface area contributed by atoms with Crippen molar-refractivity contribution < 1.29 is 9.18 Å². The Morgan fingerprint density at radius 1 is 0.897 bits per heavy atom. The van der Waals surface area contributed by atoms with Crippen LogP contribution in [0, 0.1) is 5.82 Å². The number of hydrogen-bond acceptors (Lipinski definition) is 2. The summed E-state index contributed by atoms with van der Waals surface area (Å²) >= 11 is 0. The third kappa shape index (κ3) is 4.90. The largest absolute Gasteiger partial charge is 0.348 e. The minimum Gasteiger partial charge on any atom is -0.348 e. The maximum atomic E-state index is 14.6. The maximum absolute atomic E-state index is 14.6. The molecule has 1 amide bonds. The summed E-state index contributed by atoms with van der Waals surface area (Å²) < 4.78 is 14.6. The van der Waals surface area contributed by atoms with E-state index in [0.717, 1.165) is 30.8 Å². The first-order valence-electron chi connectivity index (χ1n) is 10.1. The van der Waals surface area contributed by atoms with Crippen LogP contribution >= 0.6 is 0 Å². The van der Waals surface area contributed by atoms with Gasteiger partial charge in [-0.25, -0.2) is 4.39 Å². The lowest BCUT2D eigenvalue weighted by Crippen LogP contribution is -2.22. The number of nitrogens with zero attached hydrogens (tertiary/aromatic N) is 1. The number of amides is 1. The Morgan fingerprint density at radius 2 is 1.69 bits per heavy atom. The van der Waals surface area contributed by atoms with Crippen LogP contribution < -0.4 is 5.32 Å².